The fourth-order valence-corrected chi connectivity index (χ4v) is 4.74. The molecule has 0 saturated heterocycles. The molecule has 0 amide bonds. The van der Waals surface area contributed by atoms with Gasteiger partial charge in [0.25, 0.3) is 0 Å². The molecule has 0 aliphatic rings. The summed E-state index contributed by atoms with van der Waals surface area (Å²) in [4.78, 5) is 51.9. The van der Waals surface area contributed by atoms with Crippen LogP contribution >= 0.6 is 0 Å². The topological polar surface area (TPSA) is 105 Å². The van der Waals surface area contributed by atoms with E-state index in [1.165, 1.54) is 0 Å². The number of hydrogen-bond acceptors (Lipinski definition) is 8. The molecule has 0 spiro atoms. The van der Waals surface area contributed by atoms with Crippen LogP contribution < -0.4 is 0 Å². The lowest BCUT2D eigenvalue weighted by atomic mass is 9.89. The minimum absolute atomic E-state index is 0.0800. The smallest absolute Gasteiger partial charge is 0.339 e. The van der Waals surface area contributed by atoms with E-state index in [1.807, 2.05) is 27.7 Å². The van der Waals surface area contributed by atoms with E-state index in [2.05, 4.69) is 0 Å². The fourth-order valence-electron chi connectivity index (χ4n) is 4.74. The van der Waals surface area contributed by atoms with Gasteiger partial charge in [-0.2, -0.15) is 0 Å². The van der Waals surface area contributed by atoms with E-state index < -0.39 is 23.9 Å². The summed E-state index contributed by atoms with van der Waals surface area (Å²) in [5.74, 6) is -2.18. The number of benzene rings is 4. The lowest BCUT2D eigenvalue weighted by molar-refractivity contribution is 0.0458. The van der Waals surface area contributed by atoms with Crippen LogP contribution in [0.4, 0.5) is 0 Å². The van der Waals surface area contributed by atoms with Crippen LogP contribution in [0.15, 0.2) is 48.5 Å². The second-order valence-electron chi connectivity index (χ2n) is 10.0. The number of hydrogen-bond donors (Lipinski definition) is 0. The summed E-state index contributed by atoms with van der Waals surface area (Å²) in [6, 6.07) is 13.7. The number of fused-ring (bicyclic) bond motifs is 6. The summed E-state index contributed by atoms with van der Waals surface area (Å²) < 4.78 is 21.6. The van der Waals surface area contributed by atoms with Crippen LogP contribution in [0.25, 0.3) is 32.3 Å². The van der Waals surface area contributed by atoms with Crippen molar-refractivity contribution in [2.75, 3.05) is 26.4 Å². The molecule has 0 atom stereocenters. The lowest BCUT2D eigenvalue weighted by Gasteiger charge is -2.16. The van der Waals surface area contributed by atoms with Gasteiger partial charge >= 0.3 is 23.9 Å². The molecule has 0 unspecified atom stereocenters. The van der Waals surface area contributed by atoms with Crippen LogP contribution in [0.3, 0.4) is 0 Å². The van der Waals surface area contributed by atoms with Gasteiger partial charge in [0, 0.05) is 0 Å². The maximum atomic E-state index is 13.2. The van der Waals surface area contributed by atoms with Crippen LogP contribution in [-0.4, -0.2) is 50.3 Å². The second kappa shape index (κ2) is 13.9. The van der Waals surface area contributed by atoms with Crippen LogP contribution in [0, 0.1) is 0 Å². The highest BCUT2D eigenvalue weighted by Gasteiger charge is 2.24. The number of carbonyl (C=O) groups excluding carboxylic acids is 4. The van der Waals surface area contributed by atoms with Crippen molar-refractivity contribution in [1.82, 2.24) is 0 Å². The van der Waals surface area contributed by atoms with Gasteiger partial charge in [0.2, 0.25) is 0 Å². The molecule has 220 valence electrons. The Morgan fingerprint density at radius 3 is 1.12 bits per heavy atom. The van der Waals surface area contributed by atoms with Gasteiger partial charge in [-0.3, -0.25) is 0 Å². The number of ether oxygens (including phenoxy) is 4. The molecular weight excluding hydrogens is 536 g/mol. The highest BCUT2D eigenvalue weighted by Crippen LogP contribution is 2.38. The van der Waals surface area contributed by atoms with Crippen LogP contribution in [0.2, 0.25) is 0 Å². The molecule has 0 bridgehead atoms. The third-order valence-corrected chi connectivity index (χ3v) is 6.73. The van der Waals surface area contributed by atoms with Crippen molar-refractivity contribution in [1.29, 1.82) is 0 Å². The third kappa shape index (κ3) is 6.38. The summed E-state index contributed by atoms with van der Waals surface area (Å²) in [5.41, 5.74) is 0.890. The van der Waals surface area contributed by atoms with Crippen molar-refractivity contribution in [3.63, 3.8) is 0 Å². The van der Waals surface area contributed by atoms with Crippen LogP contribution in [0.5, 0.6) is 0 Å². The first-order chi connectivity index (χ1) is 20.3. The predicted molar refractivity (Wildman–Crippen MR) is 161 cm³/mol. The second-order valence-corrected chi connectivity index (χ2v) is 10.0. The number of rotatable bonds is 12. The molecule has 4 aromatic carbocycles. The Kier molecular flexibility index (Phi) is 10.1. The average molecular weight is 573 g/mol. The largest absolute Gasteiger partial charge is 0.462 e. The van der Waals surface area contributed by atoms with Crippen LogP contribution in [-0.2, 0) is 18.9 Å². The molecule has 0 radical (unpaired) electrons. The maximum Gasteiger partial charge on any atom is 0.339 e. The van der Waals surface area contributed by atoms with E-state index in [0.717, 1.165) is 16.2 Å². The summed E-state index contributed by atoms with van der Waals surface area (Å²) >= 11 is 0. The van der Waals surface area contributed by atoms with E-state index in [-0.39, 0.29) is 30.9 Å². The van der Waals surface area contributed by atoms with E-state index in [0.29, 0.717) is 59.6 Å². The van der Waals surface area contributed by atoms with Crippen molar-refractivity contribution in [3.05, 3.63) is 70.8 Å². The molecule has 0 aliphatic carbocycles. The molecule has 8 heteroatoms. The minimum Gasteiger partial charge on any atom is -0.462 e. The Hall–Kier alpha value is -4.46. The lowest BCUT2D eigenvalue weighted by Crippen LogP contribution is -2.15. The summed E-state index contributed by atoms with van der Waals surface area (Å²) in [6.07, 6.45) is 2.62. The summed E-state index contributed by atoms with van der Waals surface area (Å²) in [5, 5.41) is 4.18. The van der Waals surface area contributed by atoms with E-state index in [4.69, 9.17) is 18.9 Å². The van der Waals surface area contributed by atoms with Crippen molar-refractivity contribution < 1.29 is 38.1 Å². The van der Waals surface area contributed by atoms with Gasteiger partial charge in [0.05, 0.1) is 48.7 Å². The van der Waals surface area contributed by atoms with Gasteiger partial charge in [-0.15, -0.1) is 0 Å². The molecule has 4 aromatic rings. The van der Waals surface area contributed by atoms with Gasteiger partial charge in [-0.25, -0.2) is 19.2 Å². The molecule has 42 heavy (non-hydrogen) atoms. The van der Waals surface area contributed by atoms with Gasteiger partial charge in [-0.05, 0) is 94.4 Å². The van der Waals surface area contributed by atoms with E-state index in [9.17, 15) is 19.2 Å². The minimum atomic E-state index is -0.636. The fraction of sp³-hybridized carbons (Fsp3) is 0.353. The molecule has 0 saturated carbocycles. The van der Waals surface area contributed by atoms with Crippen molar-refractivity contribution in [2.24, 2.45) is 0 Å². The predicted octanol–water partition coefficient (Wildman–Crippen LogP) is 7.41. The van der Waals surface area contributed by atoms with Crippen molar-refractivity contribution in [3.8, 4) is 0 Å². The zero-order chi connectivity index (χ0) is 30.2. The van der Waals surface area contributed by atoms with Gasteiger partial charge in [-0.1, -0.05) is 39.8 Å². The Labute approximate surface area is 244 Å². The van der Waals surface area contributed by atoms with Crippen molar-refractivity contribution in [2.45, 2.75) is 53.4 Å². The molecule has 0 N–H and O–H groups in total. The highest BCUT2D eigenvalue weighted by molar-refractivity contribution is 6.28. The first-order valence-corrected chi connectivity index (χ1v) is 14.5. The summed E-state index contributed by atoms with van der Waals surface area (Å²) in [6.45, 7) is 8.60. The summed E-state index contributed by atoms with van der Waals surface area (Å²) in [7, 11) is 0. The molecule has 0 aliphatic heterocycles. The van der Waals surface area contributed by atoms with E-state index in [1.54, 1.807) is 48.5 Å². The Morgan fingerprint density at radius 1 is 0.429 bits per heavy atom. The SMILES string of the molecule is CCCOC(=O)c1ccc2c(c1)c1ccc(C(=O)OCCC)cc1c1cc(C(=O)OCCC)c(C(=O)OCCC)cc21. The van der Waals surface area contributed by atoms with Gasteiger partial charge < -0.3 is 18.9 Å². The zero-order valence-electron chi connectivity index (χ0n) is 24.5. The quantitative estimate of drug-likeness (QED) is 0.0981. The maximum absolute atomic E-state index is 13.2. The van der Waals surface area contributed by atoms with Gasteiger partial charge in [0.15, 0.2) is 0 Å². The Bertz CT molecular complexity index is 1620. The molecule has 0 heterocycles. The average Bonchev–Trinajstić information content (AvgIpc) is 3.02. The number of carbonyl (C=O) groups is 4. The molecule has 4 rings (SSSR count). The Balaban J connectivity index is 2.06. The third-order valence-electron chi connectivity index (χ3n) is 6.73. The first kappa shape index (κ1) is 30.5. The zero-order valence-corrected chi connectivity index (χ0v) is 24.5. The molecule has 0 aromatic heterocycles. The first-order valence-electron chi connectivity index (χ1n) is 14.5. The van der Waals surface area contributed by atoms with Crippen LogP contribution in [0.1, 0.15) is 94.8 Å². The normalized spacial score (nSPS) is 11.0. The molecule has 8 nitrogen and oxygen atoms in total. The molecule has 0 fully saturated rings. The van der Waals surface area contributed by atoms with E-state index >= 15 is 0 Å². The molecular formula is C34H36O8. The standard InChI is InChI=1S/C34H36O8/c1-5-13-39-31(35)21-10-12-24-25(17-21)23-11-9-22(32(36)40-14-6-2)18-26(23)28-20-30(34(38)42-16-8-4)29(19-27(24)28)33(37)41-15-7-3/h9-12,17-20H,5-8,13-16H2,1-4H3. The monoisotopic (exact) mass is 572 g/mol. The highest BCUT2D eigenvalue weighted by atomic mass is 16.5. The Morgan fingerprint density at radius 2 is 0.738 bits per heavy atom. The number of esters is 4. The van der Waals surface area contributed by atoms with Crippen molar-refractivity contribution >= 4 is 56.2 Å². The van der Waals surface area contributed by atoms with Gasteiger partial charge in [0.1, 0.15) is 0 Å².